The molecule has 0 bridgehead atoms. The molecule has 1 atom stereocenters. The molecular formula is C10H16F5NO2. The largest absolute Gasteiger partial charge is 0.463 e. The first-order chi connectivity index (χ1) is 7.79. The number of rotatable bonds is 5. The molecule has 0 aliphatic rings. The van der Waals surface area contributed by atoms with Gasteiger partial charge in [0, 0.05) is 6.54 Å². The first-order valence-corrected chi connectivity index (χ1v) is 5.25. The zero-order valence-electron chi connectivity index (χ0n) is 10.2. The van der Waals surface area contributed by atoms with Crippen molar-refractivity contribution in [3.63, 3.8) is 0 Å². The van der Waals surface area contributed by atoms with Crippen LogP contribution < -0.4 is 5.32 Å². The van der Waals surface area contributed by atoms with E-state index in [1.165, 1.54) is 12.2 Å². The summed E-state index contributed by atoms with van der Waals surface area (Å²) in [5.41, 5.74) is -1.54. The minimum absolute atomic E-state index is 0.0000263. The summed E-state index contributed by atoms with van der Waals surface area (Å²) in [5, 5.41) is 11.1. The van der Waals surface area contributed by atoms with Crippen LogP contribution in [0.4, 0.5) is 22.0 Å². The molecule has 0 heterocycles. The summed E-state index contributed by atoms with van der Waals surface area (Å²) in [7, 11) is 0. The van der Waals surface area contributed by atoms with Gasteiger partial charge in [-0.05, 0) is 19.3 Å². The Kier molecular flexibility index (Phi) is 5.10. The highest BCUT2D eigenvalue weighted by atomic mass is 19.4. The van der Waals surface area contributed by atoms with Gasteiger partial charge in [0.2, 0.25) is 0 Å². The molecule has 0 saturated heterocycles. The van der Waals surface area contributed by atoms with Gasteiger partial charge in [0.1, 0.15) is 0 Å². The van der Waals surface area contributed by atoms with Gasteiger partial charge in [0.25, 0.3) is 5.91 Å². The van der Waals surface area contributed by atoms with Crippen LogP contribution in [0.1, 0.15) is 27.2 Å². The molecule has 1 unspecified atom stereocenters. The normalized spacial score (nSPS) is 16.6. The molecule has 0 radical (unpaired) electrons. The highest BCUT2D eigenvalue weighted by Gasteiger charge is 2.63. The van der Waals surface area contributed by atoms with E-state index in [1.807, 2.05) is 0 Å². The van der Waals surface area contributed by atoms with Crippen molar-refractivity contribution in [3.05, 3.63) is 0 Å². The standard InChI is InChI=1S/C10H16F5NO2/c1-6(2)4-8(3,18)5-16-7(17)9(11,12)10(13,14)15/h6,18H,4-5H2,1-3H3,(H,16,17). The molecule has 0 aromatic rings. The molecule has 0 rings (SSSR count). The van der Waals surface area contributed by atoms with Crippen molar-refractivity contribution in [1.29, 1.82) is 0 Å². The molecule has 0 aromatic heterocycles. The number of halogens is 5. The molecule has 0 saturated carbocycles. The fourth-order valence-electron chi connectivity index (χ4n) is 1.46. The monoisotopic (exact) mass is 277 g/mol. The molecule has 1 amide bonds. The summed E-state index contributed by atoms with van der Waals surface area (Å²) in [5.74, 6) is -7.92. The van der Waals surface area contributed by atoms with Gasteiger partial charge < -0.3 is 10.4 Å². The first kappa shape index (κ1) is 17.1. The molecule has 0 fully saturated rings. The van der Waals surface area contributed by atoms with Crippen molar-refractivity contribution >= 4 is 5.91 Å². The molecule has 0 aliphatic carbocycles. The fraction of sp³-hybridized carbons (Fsp3) is 0.900. The molecule has 0 aliphatic heterocycles. The lowest BCUT2D eigenvalue weighted by atomic mass is 9.94. The number of hydrogen-bond acceptors (Lipinski definition) is 2. The molecular weight excluding hydrogens is 261 g/mol. The Labute approximate surface area is 101 Å². The number of alkyl halides is 5. The number of amides is 1. The maximum Gasteiger partial charge on any atom is 0.463 e. The summed E-state index contributed by atoms with van der Waals surface area (Å²) in [6, 6.07) is 0. The second kappa shape index (κ2) is 5.38. The Hall–Kier alpha value is -0.920. The smallest absolute Gasteiger partial charge is 0.388 e. The predicted molar refractivity (Wildman–Crippen MR) is 54.1 cm³/mol. The first-order valence-electron chi connectivity index (χ1n) is 5.25. The zero-order valence-corrected chi connectivity index (χ0v) is 10.2. The van der Waals surface area contributed by atoms with Crippen LogP contribution in [0.3, 0.4) is 0 Å². The second-order valence-corrected chi connectivity index (χ2v) is 4.85. The minimum atomic E-state index is -5.94. The maximum absolute atomic E-state index is 12.5. The summed E-state index contributed by atoms with van der Waals surface area (Å²) in [6.07, 6.45) is -5.79. The van der Waals surface area contributed by atoms with E-state index in [-0.39, 0.29) is 12.3 Å². The molecule has 3 nitrogen and oxygen atoms in total. The predicted octanol–water partition coefficient (Wildman–Crippen LogP) is 2.10. The van der Waals surface area contributed by atoms with Crippen LogP contribution in [-0.2, 0) is 4.79 Å². The number of aliphatic hydroxyl groups is 1. The average molecular weight is 277 g/mol. The molecule has 8 heteroatoms. The van der Waals surface area contributed by atoms with E-state index in [0.717, 1.165) is 0 Å². The van der Waals surface area contributed by atoms with E-state index in [1.54, 1.807) is 13.8 Å². The Morgan fingerprint density at radius 2 is 1.67 bits per heavy atom. The van der Waals surface area contributed by atoms with Crippen LogP contribution in [0.25, 0.3) is 0 Å². The third-order valence-electron chi connectivity index (χ3n) is 2.12. The molecule has 18 heavy (non-hydrogen) atoms. The summed E-state index contributed by atoms with van der Waals surface area (Å²) < 4.78 is 60.6. The van der Waals surface area contributed by atoms with E-state index < -0.39 is 30.2 Å². The third-order valence-corrected chi connectivity index (χ3v) is 2.12. The van der Waals surface area contributed by atoms with E-state index in [4.69, 9.17) is 0 Å². The quantitative estimate of drug-likeness (QED) is 0.756. The van der Waals surface area contributed by atoms with E-state index in [9.17, 15) is 31.9 Å². The van der Waals surface area contributed by atoms with E-state index in [2.05, 4.69) is 0 Å². The molecule has 0 aromatic carbocycles. The van der Waals surface area contributed by atoms with Crippen molar-refractivity contribution in [2.75, 3.05) is 6.54 Å². The average Bonchev–Trinajstić information content (AvgIpc) is 2.10. The van der Waals surface area contributed by atoms with Crippen LogP contribution in [-0.4, -0.2) is 35.3 Å². The summed E-state index contributed by atoms with van der Waals surface area (Å²) >= 11 is 0. The number of carbonyl (C=O) groups excluding carboxylic acids is 1. The van der Waals surface area contributed by atoms with Gasteiger partial charge in [-0.2, -0.15) is 22.0 Å². The lowest BCUT2D eigenvalue weighted by Crippen LogP contribution is -2.53. The van der Waals surface area contributed by atoms with Gasteiger partial charge in [-0.1, -0.05) is 13.8 Å². The van der Waals surface area contributed by atoms with Gasteiger partial charge in [-0.25, -0.2) is 0 Å². The van der Waals surface area contributed by atoms with Gasteiger partial charge >= 0.3 is 12.1 Å². The van der Waals surface area contributed by atoms with Gasteiger partial charge in [0.05, 0.1) is 5.60 Å². The lowest BCUT2D eigenvalue weighted by molar-refractivity contribution is -0.270. The van der Waals surface area contributed by atoms with Crippen molar-refractivity contribution in [2.45, 2.75) is 44.9 Å². The van der Waals surface area contributed by atoms with Gasteiger partial charge in [0.15, 0.2) is 0 Å². The Morgan fingerprint density at radius 1 is 1.22 bits per heavy atom. The van der Waals surface area contributed by atoms with Crippen molar-refractivity contribution in [3.8, 4) is 0 Å². The molecule has 2 N–H and O–H groups in total. The van der Waals surface area contributed by atoms with Gasteiger partial charge in [-0.3, -0.25) is 4.79 Å². The second-order valence-electron chi connectivity index (χ2n) is 4.85. The number of hydrogen-bond donors (Lipinski definition) is 2. The van der Waals surface area contributed by atoms with Crippen molar-refractivity contribution in [1.82, 2.24) is 5.32 Å². The SMILES string of the molecule is CC(C)CC(C)(O)CNC(=O)C(F)(F)C(F)(F)F. The number of nitrogens with one attached hydrogen (secondary N) is 1. The van der Waals surface area contributed by atoms with Crippen molar-refractivity contribution in [2.24, 2.45) is 5.92 Å². The van der Waals surface area contributed by atoms with Crippen LogP contribution in [0.5, 0.6) is 0 Å². The zero-order chi connectivity index (χ0) is 14.8. The third kappa shape index (κ3) is 4.75. The summed E-state index contributed by atoms with van der Waals surface area (Å²) in [4.78, 5) is 10.8. The van der Waals surface area contributed by atoms with E-state index >= 15 is 0 Å². The Morgan fingerprint density at radius 3 is 2.00 bits per heavy atom. The summed E-state index contributed by atoms with van der Waals surface area (Å²) in [6.45, 7) is 4.05. The van der Waals surface area contributed by atoms with E-state index in [0.29, 0.717) is 0 Å². The van der Waals surface area contributed by atoms with Crippen LogP contribution in [0, 0.1) is 5.92 Å². The Bertz CT molecular complexity index is 299. The van der Waals surface area contributed by atoms with Crippen LogP contribution in [0.15, 0.2) is 0 Å². The molecule has 108 valence electrons. The fourth-order valence-corrected chi connectivity index (χ4v) is 1.46. The van der Waals surface area contributed by atoms with Crippen LogP contribution in [0.2, 0.25) is 0 Å². The minimum Gasteiger partial charge on any atom is -0.388 e. The highest BCUT2D eigenvalue weighted by Crippen LogP contribution is 2.35. The van der Waals surface area contributed by atoms with Crippen molar-refractivity contribution < 1.29 is 31.9 Å². The Balaban J connectivity index is 4.52. The van der Waals surface area contributed by atoms with Gasteiger partial charge in [-0.15, -0.1) is 0 Å². The lowest BCUT2D eigenvalue weighted by Gasteiger charge is -2.27. The van der Waals surface area contributed by atoms with Crippen LogP contribution >= 0.6 is 0 Å². The number of carbonyl (C=O) groups is 1. The maximum atomic E-state index is 12.5. The topological polar surface area (TPSA) is 49.3 Å². The molecule has 0 spiro atoms. The highest BCUT2D eigenvalue weighted by molar-refractivity contribution is 5.84.